The molecule has 1 atom stereocenters. The number of fused-ring (bicyclic) bond motifs is 3. The van der Waals surface area contributed by atoms with Gasteiger partial charge in [-0.3, -0.25) is 0 Å². The van der Waals surface area contributed by atoms with Gasteiger partial charge in [-0.05, 0) is 54.3 Å². The van der Waals surface area contributed by atoms with E-state index in [1.165, 1.54) is 12.1 Å². The van der Waals surface area contributed by atoms with Crippen LogP contribution in [-0.4, -0.2) is 31.8 Å². The fraction of sp³-hybridized carbons (Fsp3) is 0.286. The quantitative estimate of drug-likeness (QED) is 0.410. The number of nitrogens with zero attached hydrogens (tertiary/aromatic N) is 4. The lowest BCUT2D eigenvalue weighted by atomic mass is 10.0. The van der Waals surface area contributed by atoms with Crippen molar-refractivity contribution in [1.82, 2.24) is 24.6 Å². The molecule has 4 aromatic rings. The molecular formula is C28H30FN5O. The number of nitrogens with one attached hydrogen (secondary N) is 1. The van der Waals surface area contributed by atoms with Crippen LogP contribution in [0.2, 0.25) is 0 Å². The van der Waals surface area contributed by atoms with Crippen LogP contribution in [0.3, 0.4) is 0 Å². The van der Waals surface area contributed by atoms with Gasteiger partial charge in [-0.15, -0.1) is 0 Å². The van der Waals surface area contributed by atoms with E-state index in [1.54, 1.807) is 12.1 Å². The van der Waals surface area contributed by atoms with E-state index in [2.05, 4.69) is 30.7 Å². The van der Waals surface area contributed by atoms with Crippen LogP contribution in [0, 0.1) is 11.7 Å². The standard InChI is InChI=1S/C28H30FN5O/c1-4-24-23-18-33(28(35)30-17-19(2)3)26(20-12-14-21(29)15-13-20)25-11-8-16-32(25)27(23)34(31-24)22-9-6-5-7-10-22/h5-16,19,26H,4,17-18H2,1-3H3,(H,30,35). The van der Waals surface area contributed by atoms with Crippen LogP contribution in [0.5, 0.6) is 0 Å². The molecule has 1 aliphatic heterocycles. The second kappa shape index (κ2) is 9.41. The molecule has 1 aliphatic rings. The summed E-state index contributed by atoms with van der Waals surface area (Å²) in [6.07, 6.45) is 2.75. The zero-order chi connectivity index (χ0) is 24.5. The average Bonchev–Trinajstić information content (AvgIpc) is 3.45. The zero-order valence-electron chi connectivity index (χ0n) is 20.3. The number of rotatable bonds is 5. The van der Waals surface area contributed by atoms with Gasteiger partial charge in [-0.1, -0.05) is 51.1 Å². The van der Waals surface area contributed by atoms with Gasteiger partial charge < -0.3 is 14.8 Å². The van der Waals surface area contributed by atoms with E-state index >= 15 is 0 Å². The Hall–Kier alpha value is -3.87. The number of urea groups is 1. The molecule has 1 N–H and O–H groups in total. The molecule has 35 heavy (non-hydrogen) atoms. The van der Waals surface area contributed by atoms with Crippen LogP contribution in [0.4, 0.5) is 9.18 Å². The molecule has 2 aromatic heterocycles. The van der Waals surface area contributed by atoms with Crippen molar-refractivity contribution >= 4 is 6.03 Å². The molecule has 2 amide bonds. The molecule has 0 radical (unpaired) electrons. The molecule has 0 saturated heterocycles. The van der Waals surface area contributed by atoms with Gasteiger partial charge in [0.2, 0.25) is 0 Å². The highest BCUT2D eigenvalue weighted by atomic mass is 19.1. The highest BCUT2D eigenvalue weighted by Gasteiger charge is 2.36. The molecule has 6 nitrogen and oxygen atoms in total. The largest absolute Gasteiger partial charge is 0.338 e. The Balaban J connectivity index is 1.72. The Bertz CT molecular complexity index is 1320. The van der Waals surface area contributed by atoms with E-state index in [0.717, 1.165) is 40.4 Å². The van der Waals surface area contributed by atoms with Gasteiger partial charge in [-0.2, -0.15) is 5.10 Å². The molecule has 0 aliphatic carbocycles. The van der Waals surface area contributed by atoms with Crippen LogP contribution < -0.4 is 5.32 Å². The molecule has 180 valence electrons. The summed E-state index contributed by atoms with van der Waals surface area (Å²) >= 11 is 0. The molecule has 3 heterocycles. The first-order valence-electron chi connectivity index (χ1n) is 12.1. The van der Waals surface area contributed by atoms with E-state index in [1.807, 2.05) is 58.2 Å². The van der Waals surface area contributed by atoms with Crippen molar-refractivity contribution < 1.29 is 9.18 Å². The fourth-order valence-corrected chi connectivity index (χ4v) is 4.74. The molecule has 0 spiro atoms. The highest BCUT2D eigenvalue weighted by Crippen LogP contribution is 2.38. The van der Waals surface area contributed by atoms with Crippen LogP contribution in [0.15, 0.2) is 72.9 Å². The minimum absolute atomic E-state index is 0.150. The third kappa shape index (κ3) is 4.22. The zero-order valence-corrected chi connectivity index (χ0v) is 20.3. The first-order chi connectivity index (χ1) is 17.0. The van der Waals surface area contributed by atoms with Crippen LogP contribution >= 0.6 is 0 Å². The van der Waals surface area contributed by atoms with Crippen molar-refractivity contribution in [3.63, 3.8) is 0 Å². The molecule has 0 bridgehead atoms. The van der Waals surface area contributed by atoms with E-state index in [9.17, 15) is 9.18 Å². The topological polar surface area (TPSA) is 55.1 Å². The fourth-order valence-electron chi connectivity index (χ4n) is 4.74. The molecule has 1 unspecified atom stereocenters. The Morgan fingerprint density at radius 2 is 1.83 bits per heavy atom. The second-order valence-electron chi connectivity index (χ2n) is 9.31. The van der Waals surface area contributed by atoms with Gasteiger partial charge in [0.25, 0.3) is 0 Å². The number of hydrogen-bond donors (Lipinski definition) is 1. The lowest BCUT2D eigenvalue weighted by molar-refractivity contribution is 0.179. The van der Waals surface area contributed by atoms with Crippen LogP contribution in [-0.2, 0) is 13.0 Å². The van der Waals surface area contributed by atoms with Crippen molar-refractivity contribution in [3.8, 4) is 11.5 Å². The molecule has 2 aromatic carbocycles. The predicted molar refractivity (Wildman–Crippen MR) is 134 cm³/mol. The lowest BCUT2D eigenvalue weighted by Crippen LogP contribution is -2.43. The number of aromatic nitrogens is 3. The summed E-state index contributed by atoms with van der Waals surface area (Å²) in [6, 6.07) is 19.9. The average molecular weight is 472 g/mol. The number of aryl methyl sites for hydroxylation is 1. The Kier molecular flexibility index (Phi) is 6.16. The van der Waals surface area contributed by atoms with Crippen molar-refractivity contribution in [2.45, 2.75) is 39.8 Å². The third-order valence-electron chi connectivity index (χ3n) is 6.41. The van der Waals surface area contributed by atoms with Crippen molar-refractivity contribution in [1.29, 1.82) is 0 Å². The SMILES string of the molecule is CCc1nn(-c2ccccc2)c2c1CN(C(=O)NCC(C)C)C(c1ccc(F)cc1)c1cccn1-2. The number of benzene rings is 2. The van der Waals surface area contributed by atoms with E-state index in [-0.39, 0.29) is 17.9 Å². The van der Waals surface area contributed by atoms with Crippen LogP contribution in [0.25, 0.3) is 11.5 Å². The minimum Gasteiger partial charge on any atom is -0.338 e. The van der Waals surface area contributed by atoms with Crippen molar-refractivity contribution in [3.05, 3.63) is 101 Å². The number of hydrogen-bond acceptors (Lipinski definition) is 2. The Morgan fingerprint density at radius 1 is 1.09 bits per heavy atom. The van der Waals surface area contributed by atoms with E-state index in [0.29, 0.717) is 19.0 Å². The van der Waals surface area contributed by atoms with Gasteiger partial charge >= 0.3 is 6.03 Å². The van der Waals surface area contributed by atoms with Crippen molar-refractivity contribution in [2.24, 2.45) is 5.92 Å². The molecule has 5 rings (SSSR count). The summed E-state index contributed by atoms with van der Waals surface area (Å²) in [5.41, 5.74) is 4.70. The molecular weight excluding hydrogens is 441 g/mol. The summed E-state index contributed by atoms with van der Waals surface area (Å²) in [6.45, 7) is 7.19. The number of amides is 2. The lowest BCUT2D eigenvalue weighted by Gasteiger charge is -2.31. The Morgan fingerprint density at radius 3 is 2.51 bits per heavy atom. The van der Waals surface area contributed by atoms with Gasteiger partial charge in [0, 0.05) is 18.3 Å². The first kappa shape index (κ1) is 22.9. The monoisotopic (exact) mass is 471 g/mol. The number of para-hydroxylation sites is 1. The van der Waals surface area contributed by atoms with E-state index < -0.39 is 0 Å². The summed E-state index contributed by atoms with van der Waals surface area (Å²) in [4.78, 5) is 15.5. The van der Waals surface area contributed by atoms with Gasteiger partial charge in [-0.25, -0.2) is 13.9 Å². The number of carbonyl (C=O) groups excluding carboxylic acids is 1. The summed E-state index contributed by atoms with van der Waals surface area (Å²) < 4.78 is 17.9. The second-order valence-corrected chi connectivity index (χ2v) is 9.31. The van der Waals surface area contributed by atoms with Gasteiger partial charge in [0.15, 0.2) is 0 Å². The first-order valence-corrected chi connectivity index (χ1v) is 12.1. The maximum atomic E-state index is 13.8. The predicted octanol–water partition coefficient (Wildman–Crippen LogP) is 5.64. The van der Waals surface area contributed by atoms with Gasteiger partial charge in [0.05, 0.1) is 29.7 Å². The number of carbonyl (C=O) groups is 1. The van der Waals surface area contributed by atoms with Crippen LogP contribution in [0.1, 0.15) is 49.3 Å². The normalized spacial score (nSPS) is 15.0. The maximum Gasteiger partial charge on any atom is 0.318 e. The van der Waals surface area contributed by atoms with E-state index in [4.69, 9.17) is 5.10 Å². The smallest absolute Gasteiger partial charge is 0.318 e. The molecule has 0 saturated carbocycles. The molecule has 0 fully saturated rings. The Labute approximate surface area is 205 Å². The molecule has 7 heteroatoms. The maximum absolute atomic E-state index is 13.8. The minimum atomic E-state index is -0.390. The highest BCUT2D eigenvalue weighted by molar-refractivity contribution is 5.76. The van der Waals surface area contributed by atoms with Crippen molar-refractivity contribution in [2.75, 3.05) is 6.54 Å². The number of halogens is 1. The summed E-state index contributed by atoms with van der Waals surface area (Å²) in [5, 5.41) is 8.06. The third-order valence-corrected chi connectivity index (χ3v) is 6.41. The van der Waals surface area contributed by atoms with Gasteiger partial charge in [0.1, 0.15) is 11.6 Å². The summed E-state index contributed by atoms with van der Waals surface area (Å²) in [5.74, 6) is 0.950. The summed E-state index contributed by atoms with van der Waals surface area (Å²) in [7, 11) is 0.